The third-order valence-electron chi connectivity index (χ3n) is 3.43. The molecule has 3 rings (SSSR count). The van der Waals surface area contributed by atoms with Gasteiger partial charge in [-0.2, -0.15) is 5.10 Å². The summed E-state index contributed by atoms with van der Waals surface area (Å²) in [5, 5.41) is 7.80. The van der Waals surface area contributed by atoms with Gasteiger partial charge in [0, 0.05) is 13.2 Å². The summed E-state index contributed by atoms with van der Waals surface area (Å²) in [4.78, 5) is 19.9. The summed E-state index contributed by atoms with van der Waals surface area (Å²) in [5.74, 6) is -0.0687. The number of carbonyl (C=O) groups is 1. The van der Waals surface area contributed by atoms with Gasteiger partial charge in [-0.05, 0) is 12.8 Å². The van der Waals surface area contributed by atoms with Crippen LogP contribution in [0.1, 0.15) is 42.3 Å². The number of carbonyl (C=O) groups excluding carboxylic acids is 1. The Morgan fingerprint density at radius 2 is 2.17 bits per heavy atom. The molecule has 2 aromatic rings. The molecule has 1 aliphatic carbocycles. The predicted molar refractivity (Wildman–Crippen MR) is 66.2 cm³/mol. The first kappa shape index (κ1) is 11.1. The van der Waals surface area contributed by atoms with Gasteiger partial charge in [0.15, 0.2) is 5.65 Å². The van der Waals surface area contributed by atoms with Crippen LogP contribution in [-0.2, 0) is 0 Å². The minimum Gasteiger partial charge on any atom is -0.352 e. The van der Waals surface area contributed by atoms with Crippen molar-refractivity contribution in [3.8, 4) is 0 Å². The van der Waals surface area contributed by atoms with Gasteiger partial charge in [-0.25, -0.2) is 14.6 Å². The molecule has 1 saturated carbocycles. The van der Waals surface area contributed by atoms with Crippen LogP contribution in [-0.4, -0.2) is 32.7 Å². The second-order valence-electron chi connectivity index (χ2n) is 4.58. The molecule has 2 heterocycles. The van der Waals surface area contributed by atoms with Crippen molar-refractivity contribution in [2.24, 2.45) is 0 Å². The highest BCUT2D eigenvalue weighted by molar-refractivity contribution is 5.91. The van der Waals surface area contributed by atoms with Crippen LogP contribution in [0.2, 0.25) is 0 Å². The molecule has 0 spiro atoms. The molecule has 2 aromatic heterocycles. The first-order chi connectivity index (χ1) is 8.79. The van der Waals surface area contributed by atoms with Crippen LogP contribution < -0.4 is 5.32 Å². The van der Waals surface area contributed by atoms with Crippen molar-refractivity contribution in [3.63, 3.8) is 0 Å². The average Bonchev–Trinajstić information content (AvgIpc) is 3.05. The van der Waals surface area contributed by atoms with Gasteiger partial charge in [0.05, 0.1) is 17.6 Å². The minimum atomic E-state index is -0.268. The molecule has 1 amide bonds. The smallest absolute Gasteiger partial charge is 0.288 e. The third kappa shape index (κ3) is 1.73. The van der Waals surface area contributed by atoms with Gasteiger partial charge in [-0.15, -0.1) is 0 Å². The molecule has 0 aliphatic heterocycles. The highest BCUT2D eigenvalue weighted by Gasteiger charge is 2.21. The molecular weight excluding hydrogens is 230 g/mol. The van der Waals surface area contributed by atoms with Gasteiger partial charge in [-0.1, -0.05) is 12.8 Å². The van der Waals surface area contributed by atoms with Crippen molar-refractivity contribution in [2.75, 3.05) is 7.05 Å². The Morgan fingerprint density at radius 3 is 2.89 bits per heavy atom. The summed E-state index contributed by atoms with van der Waals surface area (Å²) in [7, 11) is 1.57. The quantitative estimate of drug-likeness (QED) is 0.865. The van der Waals surface area contributed by atoms with Crippen LogP contribution in [0, 0.1) is 0 Å². The van der Waals surface area contributed by atoms with E-state index in [-0.39, 0.29) is 11.7 Å². The number of hydrogen-bond acceptors (Lipinski definition) is 4. The fourth-order valence-corrected chi connectivity index (χ4v) is 2.47. The molecule has 1 aliphatic rings. The van der Waals surface area contributed by atoms with E-state index < -0.39 is 0 Å². The largest absolute Gasteiger partial charge is 0.352 e. The van der Waals surface area contributed by atoms with Crippen LogP contribution in [0.15, 0.2) is 12.4 Å². The third-order valence-corrected chi connectivity index (χ3v) is 3.43. The molecule has 6 heteroatoms. The van der Waals surface area contributed by atoms with Crippen LogP contribution >= 0.6 is 0 Å². The molecule has 1 N–H and O–H groups in total. The van der Waals surface area contributed by atoms with E-state index in [4.69, 9.17) is 0 Å². The van der Waals surface area contributed by atoms with E-state index in [9.17, 15) is 4.79 Å². The lowest BCUT2D eigenvalue weighted by molar-refractivity contribution is 0.0953. The maximum Gasteiger partial charge on any atom is 0.288 e. The number of nitrogens with one attached hydrogen (secondary N) is 1. The molecular formula is C12H15N5O. The highest BCUT2D eigenvalue weighted by Crippen LogP contribution is 2.30. The Labute approximate surface area is 104 Å². The molecule has 0 unspecified atom stereocenters. The van der Waals surface area contributed by atoms with Crippen LogP contribution in [0.25, 0.3) is 11.0 Å². The minimum absolute atomic E-state index is 0.199. The normalized spacial score (nSPS) is 16.3. The SMILES string of the molecule is CNC(=O)c1ncc2cnn(C3CCCC3)c2n1. The number of rotatable bonds is 2. The molecule has 0 bridgehead atoms. The van der Waals surface area contributed by atoms with Crippen molar-refractivity contribution in [1.82, 2.24) is 25.1 Å². The first-order valence-corrected chi connectivity index (χ1v) is 6.22. The molecule has 0 saturated heterocycles. The lowest BCUT2D eigenvalue weighted by atomic mass is 10.2. The number of amides is 1. The van der Waals surface area contributed by atoms with E-state index in [0.29, 0.717) is 6.04 Å². The van der Waals surface area contributed by atoms with E-state index in [1.807, 2.05) is 4.68 Å². The van der Waals surface area contributed by atoms with Gasteiger partial charge in [-0.3, -0.25) is 4.79 Å². The number of aromatic nitrogens is 4. The molecule has 6 nitrogen and oxygen atoms in total. The van der Waals surface area contributed by atoms with Crippen LogP contribution in [0.4, 0.5) is 0 Å². The van der Waals surface area contributed by atoms with E-state index in [2.05, 4.69) is 20.4 Å². The summed E-state index contributed by atoms with van der Waals surface area (Å²) in [5.41, 5.74) is 0.760. The first-order valence-electron chi connectivity index (χ1n) is 6.22. The second kappa shape index (κ2) is 4.36. The lowest BCUT2D eigenvalue weighted by Gasteiger charge is -2.10. The Kier molecular flexibility index (Phi) is 2.70. The second-order valence-corrected chi connectivity index (χ2v) is 4.58. The molecule has 1 fully saturated rings. The summed E-state index contributed by atoms with van der Waals surface area (Å²) in [6, 6.07) is 0.412. The zero-order chi connectivity index (χ0) is 12.5. The maximum atomic E-state index is 11.5. The monoisotopic (exact) mass is 245 g/mol. The summed E-state index contributed by atoms with van der Waals surface area (Å²) in [6.07, 6.45) is 8.16. The Balaban J connectivity index is 2.07. The van der Waals surface area contributed by atoms with Crippen molar-refractivity contribution in [3.05, 3.63) is 18.2 Å². The Hall–Kier alpha value is -1.98. The van der Waals surface area contributed by atoms with Crippen molar-refractivity contribution < 1.29 is 4.79 Å². The van der Waals surface area contributed by atoms with Crippen molar-refractivity contribution in [1.29, 1.82) is 0 Å². The van der Waals surface area contributed by atoms with Crippen LogP contribution in [0.5, 0.6) is 0 Å². The Bertz CT molecular complexity index is 585. The number of fused-ring (bicyclic) bond motifs is 1. The lowest BCUT2D eigenvalue weighted by Crippen LogP contribution is -2.21. The fraction of sp³-hybridized carbons (Fsp3) is 0.500. The van der Waals surface area contributed by atoms with Crippen molar-refractivity contribution in [2.45, 2.75) is 31.7 Å². The number of nitrogens with zero attached hydrogens (tertiary/aromatic N) is 4. The van der Waals surface area contributed by atoms with Crippen molar-refractivity contribution >= 4 is 16.9 Å². The van der Waals surface area contributed by atoms with Gasteiger partial charge in [0.1, 0.15) is 0 Å². The average molecular weight is 245 g/mol. The molecule has 0 aromatic carbocycles. The van der Waals surface area contributed by atoms with Gasteiger partial charge in [0.25, 0.3) is 5.91 Å². The predicted octanol–water partition coefficient (Wildman–Crippen LogP) is 1.30. The van der Waals surface area contributed by atoms with E-state index >= 15 is 0 Å². The summed E-state index contributed by atoms with van der Waals surface area (Å²) >= 11 is 0. The standard InChI is InChI=1S/C12H15N5O/c1-13-12(18)10-14-6-8-7-15-17(11(8)16-10)9-4-2-3-5-9/h6-7,9H,2-5H2,1H3,(H,13,18). The Morgan fingerprint density at radius 1 is 1.39 bits per heavy atom. The van der Waals surface area contributed by atoms with Gasteiger partial charge in [0.2, 0.25) is 5.82 Å². The summed E-state index contributed by atoms with van der Waals surface area (Å²) in [6.45, 7) is 0. The van der Waals surface area contributed by atoms with Gasteiger partial charge < -0.3 is 5.32 Å². The summed E-state index contributed by atoms with van der Waals surface area (Å²) < 4.78 is 1.94. The fourth-order valence-electron chi connectivity index (χ4n) is 2.47. The highest BCUT2D eigenvalue weighted by atomic mass is 16.2. The molecule has 0 radical (unpaired) electrons. The molecule has 18 heavy (non-hydrogen) atoms. The van der Waals surface area contributed by atoms with Crippen LogP contribution in [0.3, 0.4) is 0 Å². The van der Waals surface area contributed by atoms with E-state index in [0.717, 1.165) is 23.9 Å². The van der Waals surface area contributed by atoms with E-state index in [1.54, 1.807) is 19.4 Å². The maximum absolute atomic E-state index is 11.5. The number of hydrogen-bond donors (Lipinski definition) is 1. The topological polar surface area (TPSA) is 72.7 Å². The zero-order valence-corrected chi connectivity index (χ0v) is 10.3. The van der Waals surface area contributed by atoms with Gasteiger partial charge >= 0.3 is 0 Å². The zero-order valence-electron chi connectivity index (χ0n) is 10.3. The molecule has 0 atom stereocenters. The molecule has 94 valence electrons. The van der Waals surface area contributed by atoms with E-state index in [1.165, 1.54) is 12.8 Å².